The number of rotatable bonds is 2. The maximum absolute atomic E-state index is 4.09. The highest BCUT2D eigenvalue weighted by molar-refractivity contribution is 7.09. The first-order valence-corrected chi connectivity index (χ1v) is 4.18. The zero-order chi connectivity index (χ0) is 7.52. The summed E-state index contributed by atoms with van der Waals surface area (Å²) in [5, 5.41) is 4.09. The Bertz CT molecular complexity index is 266. The van der Waals surface area contributed by atoms with Crippen LogP contribution in [0, 0.1) is 0 Å². The average Bonchev–Trinajstić information content (AvgIpc) is 2.60. The molecular formula is C7H7N3S. The standard InChI is InChI=1S/C7H7N3S/c1-2-9-10(3-1)5-7-4-8-6-11-7/h1-4,6H,5H2. The van der Waals surface area contributed by atoms with Gasteiger partial charge in [-0.2, -0.15) is 5.10 Å². The van der Waals surface area contributed by atoms with E-state index in [1.54, 1.807) is 17.5 Å². The Morgan fingerprint density at radius 3 is 3.18 bits per heavy atom. The average molecular weight is 165 g/mol. The van der Waals surface area contributed by atoms with Crippen LogP contribution < -0.4 is 0 Å². The summed E-state index contributed by atoms with van der Waals surface area (Å²) in [4.78, 5) is 5.21. The maximum Gasteiger partial charge on any atom is 0.0794 e. The summed E-state index contributed by atoms with van der Waals surface area (Å²) in [6.45, 7) is 0.831. The molecule has 0 aromatic carbocycles. The van der Waals surface area contributed by atoms with Crippen LogP contribution >= 0.6 is 11.3 Å². The highest BCUT2D eigenvalue weighted by Crippen LogP contribution is 2.06. The van der Waals surface area contributed by atoms with Crippen LogP contribution in [0.1, 0.15) is 4.88 Å². The monoisotopic (exact) mass is 165 g/mol. The number of aromatic nitrogens is 3. The summed E-state index contributed by atoms with van der Waals surface area (Å²) in [5.41, 5.74) is 1.83. The molecule has 0 fully saturated rings. The topological polar surface area (TPSA) is 30.7 Å². The minimum Gasteiger partial charge on any atom is -0.267 e. The molecule has 0 unspecified atom stereocenters. The van der Waals surface area contributed by atoms with Gasteiger partial charge in [0.15, 0.2) is 0 Å². The van der Waals surface area contributed by atoms with E-state index in [0.717, 1.165) is 6.54 Å². The Labute approximate surface area is 68.3 Å². The van der Waals surface area contributed by atoms with Crippen molar-refractivity contribution in [2.45, 2.75) is 6.54 Å². The minimum atomic E-state index is 0.831. The third kappa shape index (κ3) is 1.46. The molecule has 0 spiro atoms. The summed E-state index contributed by atoms with van der Waals surface area (Å²) in [5.74, 6) is 0. The van der Waals surface area contributed by atoms with Gasteiger partial charge in [-0.1, -0.05) is 0 Å². The van der Waals surface area contributed by atoms with Crippen molar-refractivity contribution in [3.8, 4) is 0 Å². The van der Waals surface area contributed by atoms with Gasteiger partial charge in [0, 0.05) is 23.5 Å². The van der Waals surface area contributed by atoms with E-state index in [-0.39, 0.29) is 0 Å². The van der Waals surface area contributed by atoms with Crippen LogP contribution in [0.25, 0.3) is 0 Å². The summed E-state index contributed by atoms with van der Waals surface area (Å²) < 4.78 is 1.88. The second kappa shape index (κ2) is 2.84. The molecule has 0 aliphatic carbocycles. The van der Waals surface area contributed by atoms with E-state index in [1.165, 1.54) is 4.88 Å². The molecule has 0 bridgehead atoms. The molecule has 2 rings (SSSR count). The fourth-order valence-corrected chi connectivity index (χ4v) is 1.46. The molecule has 2 aromatic heterocycles. The van der Waals surface area contributed by atoms with E-state index in [2.05, 4.69) is 10.1 Å². The lowest BCUT2D eigenvalue weighted by atomic mass is 10.5. The van der Waals surface area contributed by atoms with E-state index in [9.17, 15) is 0 Å². The van der Waals surface area contributed by atoms with Crippen molar-refractivity contribution < 1.29 is 0 Å². The van der Waals surface area contributed by atoms with Gasteiger partial charge in [-0.15, -0.1) is 11.3 Å². The minimum absolute atomic E-state index is 0.831. The van der Waals surface area contributed by atoms with Crippen LogP contribution in [0.3, 0.4) is 0 Å². The van der Waals surface area contributed by atoms with Gasteiger partial charge in [0.2, 0.25) is 0 Å². The molecule has 56 valence electrons. The van der Waals surface area contributed by atoms with Crippen LogP contribution in [0.5, 0.6) is 0 Å². The first-order chi connectivity index (χ1) is 5.45. The first-order valence-electron chi connectivity index (χ1n) is 3.30. The zero-order valence-electron chi connectivity index (χ0n) is 5.84. The molecular weight excluding hydrogens is 158 g/mol. The molecule has 3 nitrogen and oxygen atoms in total. The molecule has 0 amide bonds. The van der Waals surface area contributed by atoms with Gasteiger partial charge >= 0.3 is 0 Å². The zero-order valence-corrected chi connectivity index (χ0v) is 6.66. The van der Waals surface area contributed by atoms with E-state index < -0.39 is 0 Å². The summed E-state index contributed by atoms with van der Waals surface area (Å²) in [7, 11) is 0. The highest BCUT2D eigenvalue weighted by Gasteiger charge is 1.94. The van der Waals surface area contributed by atoms with E-state index >= 15 is 0 Å². The molecule has 0 atom stereocenters. The highest BCUT2D eigenvalue weighted by atomic mass is 32.1. The molecule has 0 aliphatic heterocycles. The van der Waals surface area contributed by atoms with Crippen LogP contribution in [-0.2, 0) is 6.54 Å². The summed E-state index contributed by atoms with van der Waals surface area (Å²) >= 11 is 1.65. The summed E-state index contributed by atoms with van der Waals surface area (Å²) in [6.07, 6.45) is 5.59. The fourth-order valence-electron chi connectivity index (χ4n) is 0.874. The van der Waals surface area contributed by atoms with Crippen LogP contribution in [0.4, 0.5) is 0 Å². The molecule has 2 aromatic rings. The lowest BCUT2D eigenvalue weighted by Crippen LogP contribution is -1.96. The van der Waals surface area contributed by atoms with Crippen molar-refractivity contribution in [1.29, 1.82) is 0 Å². The quantitative estimate of drug-likeness (QED) is 0.673. The Morgan fingerprint density at radius 1 is 1.55 bits per heavy atom. The largest absolute Gasteiger partial charge is 0.267 e. The third-order valence-corrected chi connectivity index (χ3v) is 2.12. The lowest BCUT2D eigenvalue weighted by molar-refractivity contribution is 0.694. The molecule has 0 aliphatic rings. The second-order valence-electron chi connectivity index (χ2n) is 2.17. The van der Waals surface area contributed by atoms with Crippen LogP contribution in [0.2, 0.25) is 0 Å². The fraction of sp³-hybridized carbons (Fsp3) is 0.143. The van der Waals surface area contributed by atoms with Crippen LogP contribution in [0.15, 0.2) is 30.2 Å². The number of nitrogens with zero attached hydrogens (tertiary/aromatic N) is 3. The van der Waals surface area contributed by atoms with Crippen molar-refractivity contribution in [2.75, 3.05) is 0 Å². The molecule has 0 saturated carbocycles. The lowest BCUT2D eigenvalue weighted by Gasteiger charge is -1.94. The van der Waals surface area contributed by atoms with Crippen molar-refractivity contribution >= 4 is 11.3 Å². The van der Waals surface area contributed by atoms with Crippen molar-refractivity contribution in [3.63, 3.8) is 0 Å². The molecule has 0 radical (unpaired) electrons. The molecule has 0 saturated heterocycles. The Morgan fingerprint density at radius 2 is 2.55 bits per heavy atom. The molecule has 0 N–H and O–H groups in total. The van der Waals surface area contributed by atoms with Crippen molar-refractivity contribution in [3.05, 3.63) is 35.0 Å². The second-order valence-corrected chi connectivity index (χ2v) is 3.14. The summed E-state index contributed by atoms with van der Waals surface area (Å²) in [6, 6.07) is 1.92. The normalized spacial score (nSPS) is 10.2. The molecule has 4 heteroatoms. The third-order valence-electron chi connectivity index (χ3n) is 1.36. The van der Waals surface area contributed by atoms with Gasteiger partial charge in [-0.3, -0.25) is 9.67 Å². The van der Waals surface area contributed by atoms with Crippen LogP contribution in [-0.4, -0.2) is 14.8 Å². The van der Waals surface area contributed by atoms with Crippen molar-refractivity contribution in [2.24, 2.45) is 0 Å². The molecule has 2 heterocycles. The van der Waals surface area contributed by atoms with E-state index in [4.69, 9.17) is 0 Å². The predicted molar refractivity (Wildman–Crippen MR) is 43.4 cm³/mol. The van der Waals surface area contributed by atoms with Gasteiger partial charge in [-0.05, 0) is 6.07 Å². The van der Waals surface area contributed by atoms with Gasteiger partial charge in [0.25, 0.3) is 0 Å². The smallest absolute Gasteiger partial charge is 0.0794 e. The number of thiazole rings is 1. The van der Waals surface area contributed by atoms with Gasteiger partial charge in [0.05, 0.1) is 12.1 Å². The number of hydrogen-bond acceptors (Lipinski definition) is 3. The van der Waals surface area contributed by atoms with Gasteiger partial charge in [0.1, 0.15) is 0 Å². The first kappa shape index (κ1) is 6.54. The van der Waals surface area contributed by atoms with E-state index in [1.807, 2.05) is 28.7 Å². The Kier molecular flexibility index (Phi) is 1.69. The van der Waals surface area contributed by atoms with Gasteiger partial charge < -0.3 is 0 Å². The predicted octanol–water partition coefficient (Wildman–Crippen LogP) is 1.39. The maximum atomic E-state index is 4.09. The molecule has 11 heavy (non-hydrogen) atoms. The van der Waals surface area contributed by atoms with E-state index in [0.29, 0.717) is 0 Å². The SMILES string of the molecule is c1cnn(Cc2cncs2)c1. The van der Waals surface area contributed by atoms with Gasteiger partial charge in [-0.25, -0.2) is 0 Å². The van der Waals surface area contributed by atoms with Crippen molar-refractivity contribution in [1.82, 2.24) is 14.8 Å². The Balaban J connectivity index is 2.14. The number of hydrogen-bond donors (Lipinski definition) is 0. The Hall–Kier alpha value is -1.16.